The monoisotopic (exact) mass is 307 g/mol. The Kier molecular flexibility index (Phi) is 5.35. The first kappa shape index (κ1) is 16.4. The van der Waals surface area contributed by atoms with E-state index in [0.717, 1.165) is 13.1 Å². The van der Waals surface area contributed by atoms with Gasteiger partial charge in [0.1, 0.15) is 0 Å². The molecule has 0 aromatic carbocycles. The van der Waals surface area contributed by atoms with Crippen molar-refractivity contribution in [2.45, 2.75) is 44.9 Å². The largest absolute Gasteiger partial charge is 0.391 e. The second-order valence-corrected chi connectivity index (χ2v) is 6.09. The number of hydrogen-bond acceptors (Lipinski definition) is 2. The van der Waals surface area contributed by atoms with Crippen molar-refractivity contribution in [3.05, 3.63) is 0 Å². The zero-order valence-electron chi connectivity index (χ0n) is 12.4. The minimum absolute atomic E-state index is 0.134. The van der Waals surface area contributed by atoms with Gasteiger partial charge in [-0.3, -0.25) is 4.99 Å². The van der Waals surface area contributed by atoms with E-state index in [2.05, 4.69) is 4.99 Å². The highest BCUT2D eigenvalue weighted by atomic mass is 19.4. The highest BCUT2D eigenvalue weighted by Crippen LogP contribution is 2.39. The van der Waals surface area contributed by atoms with Crippen LogP contribution in [0, 0.1) is 11.8 Å². The van der Waals surface area contributed by atoms with E-state index in [9.17, 15) is 13.2 Å². The van der Waals surface area contributed by atoms with Crippen molar-refractivity contribution < 1.29 is 17.9 Å². The lowest BCUT2D eigenvalue weighted by molar-refractivity contribution is -0.183. The number of nitrogens with zero attached hydrogens (tertiary/aromatic N) is 2. The van der Waals surface area contributed by atoms with Crippen LogP contribution in [-0.2, 0) is 4.74 Å². The lowest BCUT2D eigenvalue weighted by Crippen LogP contribution is -2.48. The Bertz CT molecular complexity index is 365. The molecule has 2 fully saturated rings. The van der Waals surface area contributed by atoms with Gasteiger partial charge in [-0.2, -0.15) is 13.2 Å². The molecule has 4 nitrogen and oxygen atoms in total. The summed E-state index contributed by atoms with van der Waals surface area (Å²) < 4.78 is 43.2. The number of halogens is 3. The van der Waals surface area contributed by atoms with E-state index in [-0.39, 0.29) is 24.9 Å². The van der Waals surface area contributed by atoms with Crippen LogP contribution in [0.5, 0.6) is 0 Å². The molecule has 0 aromatic rings. The molecule has 1 atom stereocenters. The number of hydrogen-bond donors (Lipinski definition) is 1. The van der Waals surface area contributed by atoms with Crippen molar-refractivity contribution in [2.24, 2.45) is 22.6 Å². The Labute approximate surface area is 123 Å². The van der Waals surface area contributed by atoms with Gasteiger partial charge in [-0.25, -0.2) is 0 Å². The molecule has 0 radical (unpaired) electrons. The van der Waals surface area contributed by atoms with Crippen LogP contribution in [0.4, 0.5) is 13.2 Å². The van der Waals surface area contributed by atoms with E-state index in [1.165, 1.54) is 0 Å². The molecule has 0 bridgehead atoms. The van der Waals surface area contributed by atoms with Crippen molar-refractivity contribution in [3.8, 4) is 0 Å². The molecule has 1 saturated heterocycles. The lowest BCUT2D eigenvalue weighted by Gasteiger charge is -2.32. The number of rotatable bonds is 2. The van der Waals surface area contributed by atoms with E-state index in [1.807, 2.05) is 11.8 Å². The van der Waals surface area contributed by atoms with Gasteiger partial charge in [0.2, 0.25) is 0 Å². The minimum atomic E-state index is -4.04. The Morgan fingerprint density at radius 2 is 1.95 bits per heavy atom. The normalized spacial score (nSPS) is 32.3. The first-order valence-electron chi connectivity index (χ1n) is 7.59. The maximum atomic E-state index is 12.6. The maximum Gasteiger partial charge on any atom is 0.391 e. The molecule has 2 rings (SSSR count). The van der Waals surface area contributed by atoms with Gasteiger partial charge in [0, 0.05) is 19.6 Å². The van der Waals surface area contributed by atoms with Crippen molar-refractivity contribution in [2.75, 3.05) is 26.2 Å². The molecule has 0 amide bonds. The summed E-state index contributed by atoms with van der Waals surface area (Å²) in [7, 11) is 0. The number of nitrogens with two attached hydrogens (primary N) is 1. The van der Waals surface area contributed by atoms with Crippen molar-refractivity contribution in [3.63, 3.8) is 0 Å². The van der Waals surface area contributed by atoms with Crippen LogP contribution in [0.3, 0.4) is 0 Å². The number of morpholine rings is 1. The fourth-order valence-corrected chi connectivity index (χ4v) is 3.02. The van der Waals surface area contributed by atoms with Crippen LogP contribution >= 0.6 is 0 Å². The Morgan fingerprint density at radius 1 is 1.29 bits per heavy atom. The predicted molar refractivity (Wildman–Crippen MR) is 75.0 cm³/mol. The van der Waals surface area contributed by atoms with Crippen LogP contribution in [0.25, 0.3) is 0 Å². The highest BCUT2D eigenvalue weighted by molar-refractivity contribution is 5.78. The third kappa shape index (κ3) is 4.76. The molecule has 122 valence electrons. The van der Waals surface area contributed by atoms with Crippen LogP contribution in [-0.4, -0.2) is 49.4 Å². The minimum Gasteiger partial charge on any atom is -0.375 e. The predicted octanol–water partition coefficient (Wildman–Crippen LogP) is 2.39. The van der Waals surface area contributed by atoms with E-state index in [0.29, 0.717) is 32.0 Å². The SMILES string of the molecule is CC1CN(C(N)=NCC2CCC(C(F)(F)F)CC2)CCO1. The quantitative estimate of drug-likeness (QED) is 0.629. The van der Waals surface area contributed by atoms with Gasteiger partial charge >= 0.3 is 6.18 Å². The molecule has 1 unspecified atom stereocenters. The molecule has 1 saturated carbocycles. The topological polar surface area (TPSA) is 50.8 Å². The molecule has 1 heterocycles. The summed E-state index contributed by atoms with van der Waals surface area (Å²) in [4.78, 5) is 6.36. The van der Waals surface area contributed by atoms with Gasteiger partial charge in [0.15, 0.2) is 5.96 Å². The molecule has 7 heteroatoms. The van der Waals surface area contributed by atoms with E-state index in [1.54, 1.807) is 0 Å². The van der Waals surface area contributed by atoms with Gasteiger partial charge in [0.25, 0.3) is 0 Å². The third-order valence-corrected chi connectivity index (χ3v) is 4.39. The fraction of sp³-hybridized carbons (Fsp3) is 0.929. The standard InChI is InChI=1S/C14H24F3N3O/c1-10-9-20(6-7-21-10)13(18)19-8-11-2-4-12(5-3-11)14(15,16)17/h10-12H,2-9H2,1H3,(H2,18,19). The third-order valence-electron chi connectivity index (χ3n) is 4.39. The van der Waals surface area contributed by atoms with Gasteiger partial charge in [-0.05, 0) is 38.5 Å². The average molecular weight is 307 g/mol. The second kappa shape index (κ2) is 6.85. The molecule has 2 aliphatic rings. The summed E-state index contributed by atoms with van der Waals surface area (Å²) in [5.41, 5.74) is 5.96. The molecule has 21 heavy (non-hydrogen) atoms. The van der Waals surface area contributed by atoms with Gasteiger partial charge in [-0.15, -0.1) is 0 Å². The Hall–Kier alpha value is -0.980. The van der Waals surface area contributed by atoms with Crippen LogP contribution in [0.2, 0.25) is 0 Å². The van der Waals surface area contributed by atoms with Crippen molar-refractivity contribution in [1.82, 2.24) is 4.90 Å². The van der Waals surface area contributed by atoms with Crippen molar-refractivity contribution in [1.29, 1.82) is 0 Å². The average Bonchev–Trinajstić information content (AvgIpc) is 2.44. The Morgan fingerprint density at radius 3 is 2.52 bits per heavy atom. The summed E-state index contributed by atoms with van der Waals surface area (Å²) in [5, 5.41) is 0. The number of alkyl halides is 3. The summed E-state index contributed by atoms with van der Waals surface area (Å²) in [6, 6.07) is 0. The molecule has 0 aromatic heterocycles. The molecule has 0 spiro atoms. The van der Waals surface area contributed by atoms with E-state index in [4.69, 9.17) is 10.5 Å². The number of ether oxygens (including phenoxy) is 1. The fourth-order valence-electron chi connectivity index (χ4n) is 3.02. The molecule has 1 aliphatic carbocycles. The summed E-state index contributed by atoms with van der Waals surface area (Å²) in [6.45, 7) is 4.59. The van der Waals surface area contributed by atoms with E-state index < -0.39 is 12.1 Å². The lowest BCUT2D eigenvalue weighted by atomic mass is 9.82. The zero-order valence-corrected chi connectivity index (χ0v) is 12.4. The molecular weight excluding hydrogens is 283 g/mol. The first-order chi connectivity index (χ1) is 9.86. The van der Waals surface area contributed by atoms with Gasteiger partial charge in [0.05, 0.1) is 18.6 Å². The zero-order chi connectivity index (χ0) is 15.5. The highest BCUT2D eigenvalue weighted by Gasteiger charge is 2.41. The first-order valence-corrected chi connectivity index (χ1v) is 7.59. The Balaban J connectivity index is 1.77. The van der Waals surface area contributed by atoms with Crippen LogP contribution in [0.15, 0.2) is 4.99 Å². The summed E-state index contributed by atoms with van der Waals surface area (Å²) >= 11 is 0. The van der Waals surface area contributed by atoms with Gasteiger partial charge < -0.3 is 15.4 Å². The van der Waals surface area contributed by atoms with E-state index >= 15 is 0 Å². The second-order valence-electron chi connectivity index (χ2n) is 6.09. The van der Waals surface area contributed by atoms with Gasteiger partial charge in [-0.1, -0.05) is 0 Å². The maximum absolute atomic E-state index is 12.6. The number of aliphatic imine (C=N–C) groups is 1. The van der Waals surface area contributed by atoms with Crippen molar-refractivity contribution >= 4 is 5.96 Å². The summed E-state index contributed by atoms with van der Waals surface area (Å²) in [5.74, 6) is -0.418. The van der Waals surface area contributed by atoms with Crippen LogP contribution in [0.1, 0.15) is 32.6 Å². The summed E-state index contributed by atoms with van der Waals surface area (Å²) in [6.07, 6.45) is -2.30. The molecular formula is C14H24F3N3O. The molecule has 2 N–H and O–H groups in total. The van der Waals surface area contributed by atoms with Crippen LogP contribution < -0.4 is 5.73 Å². The molecule has 1 aliphatic heterocycles. The number of guanidine groups is 1. The smallest absolute Gasteiger partial charge is 0.375 e.